The van der Waals surface area contributed by atoms with Gasteiger partial charge in [0.1, 0.15) is 5.82 Å². The molecule has 0 amide bonds. The Morgan fingerprint density at radius 1 is 1.16 bits per heavy atom. The maximum Gasteiger partial charge on any atom is 0.247 e. The highest BCUT2D eigenvalue weighted by atomic mass is 19.1. The molecule has 1 aromatic heterocycles. The lowest BCUT2D eigenvalue weighted by Gasteiger charge is -2.23. The predicted molar refractivity (Wildman–Crippen MR) is 68.9 cm³/mol. The number of aromatic nitrogens is 2. The molecule has 100 valence electrons. The van der Waals surface area contributed by atoms with Crippen LogP contribution in [0.1, 0.15) is 37.5 Å². The van der Waals surface area contributed by atoms with Crippen LogP contribution in [0.4, 0.5) is 4.39 Å². The zero-order chi connectivity index (χ0) is 13.2. The molecule has 0 bridgehead atoms. The van der Waals surface area contributed by atoms with Crippen molar-refractivity contribution in [3.63, 3.8) is 0 Å². The smallest absolute Gasteiger partial charge is 0.247 e. The first-order valence-corrected chi connectivity index (χ1v) is 6.57. The molecule has 19 heavy (non-hydrogen) atoms. The second-order valence-corrected chi connectivity index (χ2v) is 5.07. The number of rotatable bonds is 2. The third-order valence-electron chi connectivity index (χ3n) is 3.63. The summed E-state index contributed by atoms with van der Waals surface area (Å²) < 4.78 is 18.8. The first kappa shape index (κ1) is 12.3. The molecule has 0 spiro atoms. The van der Waals surface area contributed by atoms with Crippen molar-refractivity contribution in [3.8, 4) is 11.5 Å². The van der Waals surface area contributed by atoms with Crippen LogP contribution in [0.25, 0.3) is 11.5 Å². The van der Waals surface area contributed by atoms with E-state index in [2.05, 4.69) is 10.2 Å². The van der Waals surface area contributed by atoms with Gasteiger partial charge in [0.15, 0.2) is 0 Å². The van der Waals surface area contributed by atoms with Crippen molar-refractivity contribution in [1.82, 2.24) is 10.2 Å². The molecule has 0 aliphatic heterocycles. The van der Waals surface area contributed by atoms with E-state index < -0.39 is 0 Å². The maximum atomic E-state index is 13.2. The van der Waals surface area contributed by atoms with Gasteiger partial charge in [0.05, 0.1) is 0 Å². The number of hydrogen-bond donors (Lipinski definition) is 1. The molecular weight excluding hydrogens is 245 g/mol. The van der Waals surface area contributed by atoms with Crippen LogP contribution < -0.4 is 5.73 Å². The summed E-state index contributed by atoms with van der Waals surface area (Å²) in [6.07, 6.45) is 3.93. The summed E-state index contributed by atoms with van der Waals surface area (Å²) in [4.78, 5) is 0. The lowest BCUT2D eigenvalue weighted by atomic mass is 9.86. The average Bonchev–Trinajstić information content (AvgIpc) is 2.89. The predicted octanol–water partition coefficient (Wildman–Crippen LogP) is 2.86. The van der Waals surface area contributed by atoms with Crippen molar-refractivity contribution in [2.24, 2.45) is 5.73 Å². The van der Waals surface area contributed by atoms with E-state index in [1.165, 1.54) is 12.1 Å². The van der Waals surface area contributed by atoms with Gasteiger partial charge in [0.25, 0.3) is 0 Å². The highest BCUT2D eigenvalue weighted by Gasteiger charge is 2.24. The first-order valence-electron chi connectivity index (χ1n) is 6.57. The summed E-state index contributed by atoms with van der Waals surface area (Å²) in [6, 6.07) is 6.48. The molecule has 4 nitrogen and oxygen atoms in total. The standard InChI is InChI=1S/C14H16FN3O/c15-11-3-1-2-10(8-11)14-18-17-13(19-14)9-4-6-12(16)7-5-9/h1-3,8-9,12H,4-7,16H2. The van der Waals surface area contributed by atoms with Crippen molar-refractivity contribution < 1.29 is 8.81 Å². The summed E-state index contributed by atoms with van der Waals surface area (Å²) in [5, 5.41) is 8.10. The Bertz CT molecular complexity index is 561. The molecule has 1 aliphatic carbocycles. The van der Waals surface area contributed by atoms with Gasteiger partial charge in [-0.3, -0.25) is 0 Å². The highest BCUT2D eigenvalue weighted by molar-refractivity contribution is 5.52. The molecule has 1 fully saturated rings. The van der Waals surface area contributed by atoms with Crippen molar-refractivity contribution in [2.45, 2.75) is 37.6 Å². The van der Waals surface area contributed by atoms with Crippen LogP contribution in [0.15, 0.2) is 28.7 Å². The van der Waals surface area contributed by atoms with Crippen LogP contribution >= 0.6 is 0 Å². The van der Waals surface area contributed by atoms with Gasteiger partial charge in [0, 0.05) is 17.5 Å². The monoisotopic (exact) mass is 261 g/mol. The van der Waals surface area contributed by atoms with Crippen molar-refractivity contribution in [2.75, 3.05) is 0 Å². The number of nitrogens with two attached hydrogens (primary N) is 1. The molecule has 5 heteroatoms. The quantitative estimate of drug-likeness (QED) is 0.902. The Labute approximate surface area is 110 Å². The fourth-order valence-corrected chi connectivity index (χ4v) is 2.50. The molecule has 2 aromatic rings. The minimum absolute atomic E-state index is 0.287. The average molecular weight is 261 g/mol. The Morgan fingerprint density at radius 3 is 2.68 bits per heavy atom. The fourth-order valence-electron chi connectivity index (χ4n) is 2.50. The van der Waals surface area contributed by atoms with Gasteiger partial charge in [-0.1, -0.05) is 6.07 Å². The zero-order valence-corrected chi connectivity index (χ0v) is 10.6. The van der Waals surface area contributed by atoms with E-state index in [1.807, 2.05) is 0 Å². The molecule has 0 unspecified atom stereocenters. The Balaban J connectivity index is 1.80. The van der Waals surface area contributed by atoms with E-state index in [0.717, 1.165) is 25.7 Å². The van der Waals surface area contributed by atoms with E-state index in [-0.39, 0.29) is 11.7 Å². The van der Waals surface area contributed by atoms with E-state index in [9.17, 15) is 4.39 Å². The number of nitrogens with zero attached hydrogens (tertiary/aromatic N) is 2. The molecule has 3 rings (SSSR count). The van der Waals surface area contributed by atoms with Crippen molar-refractivity contribution in [1.29, 1.82) is 0 Å². The van der Waals surface area contributed by atoms with Crippen molar-refractivity contribution >= 4 is 0 Å². The SMILES string of the molecule is NC1CCC(c2nnc(-c3cccc(F)c3)o2)CC1. The number of hydrogen-bond acceptors (Lipinski definition) is 4. The molecule has 1 aromatic carbocycles. The molecule has 1 aliphatic rings. The van der Waals surface area contributed by atoms with Gasteiger partial charge in [-0.05, 0) is 43.9 Å². The van der Waals surface area contributed by atoms with E-state index in [4.69, 9.17) is 10.2 Å². The Morgan fingerprint density at radius 2 is 1.95 bits per heavy atom. The van der Waals surface area contributed by atoms with Crippen LogP contribution in [0.2, 0.25) is 0 Å². The van der Waals surface area contributed by atoms with Crippen LogP contribution in [0.3, 0.4) is 0 Å². The summed E-state index contributed by atoms with van der Waals surface area (Å²) in [7, 11) is 0. The summed E-state index contributed by atoms with van der Waals surface area (Å²) in [6.45, 7) is 0. The minimum atomic E-state index is -0.305. The zero-order valence-electron chi connectivity index (χ0n) is 10.6. The molecule has 2 N–H and O–H groups in total. The number of halogens is 1. The van der Waals surface area contributed by atoms with E-state index in [0.29, 0.717) is 23.4 Å². The Hall–Kier alpha value is -1.75. The molecule has 0 radical (unpaired) electrons. The lowest BCUT2D eigenvalue weighted by Crippen LogP contribution is -2.25. The molecular formula is C14H16FN3O. The Kier molecular flexibility index (Phi) is 3.29. The van der Waals surface area contributed by atoms with E-state index >= 15 is 0 Å². The van der Waals surface area contributed by atoms with Crippen LogP contribution in [-0.4, -0.2) is 16.2 Å². The summed E-state index contributed by atoms with van der Waals surface area (Å²) in [5.74, 6) is 1.01. The van der Waals surface area contributed by atoms with Gasteiger partial charge in [-0.25, -0.2) is 4.39 Å². The van der Waals surface area contributed by atoms with Gasteiger partial charge in [-0.15, -0.1) is 10.2 Å². The summed E-state index contributed by atoms with van der Waals surface area (Å²) in [5.41, 5.74) is 6.50. The van der Waals surface area contributed by atoms with Gasteiger partial charge in [-0.2, -0.15) is 0 Å². The van der Waals surface area contributed by atoms with Gasteiger partial charge in [0.2, 0.25) is 11.8 Å². The van der Waals surface area contributed by atoms with Crippen LogP contribution in [0.5, 0.6) is 0 Å². The number of benzene rings is 1. The molecule has 0 saturated heterocycles. The molecule has 0 atom stereocenters. The summed E-state index contributed by atoms with van der Waals surface area (Å²) >= 11 is 0. The van der Waals surface area contributed by atoms with Crippen LogP contribution in [-0.2, 0) is 0 Å². The third-order valence-corrected chi connectivity index (χ3v) is 3.63. The van der Waals surface area contributed by atoms with E-state index in [1.54, 1.807) is 12.1 Å². The molecule has 1 saturated carbocycles. The normalized spacial score (nSPS) is 23.5. The maximum absolute atomic E-state index is 13.2. The lowest BCUT2D eigenvalue weighted by molar-refractivity contribution is 0.341. The fraction of sp³-hybridized carbons (Fsp3) is 0.429. The van der Waals surface area contributed by atoms with Gasteiger partial charge >= 0.3 is 0 Å². The molecule has 1 heterocycles. The highest BCUT2D eigenvalue weighted by Crippen LogP contribution is 2.32. The second-order valence-electron chi connectivity index (χ2n) is 5.07. The first-order chi connectivity index (χ1) is 9.22. The van der Waals surface area contributed by atoms with Gasteiger partial charge < -0.3 is 10.2 Å². The third kappa shape index (κ3) is 2.66. The van der Waals surface area contributed by atoms with Crippen molar-refractivity contribution in [3.05, 3.63) is 36.0 Å². The second kappa shape index (κ2) is 5.09. The minimum Gasteiger partial charge on any atom is -0.420 e. The topological polar surface area (TPSA) is 64.9 Å². The van der Waals surface area contributed by atoms with Crippen LogP contribution in [0, 0.1) is 5.82 Å². The largest absolute Gasteiger partial charge is 0.420 e.